The first kappa shape index (κ1) is 16.9. The molecule has 0 saturated heterocycles. The van der Waals surface area contributed by atoms with Crippen molar-refractivity contribution in [2.24, 2.45) is 5.73 Å². The second kappa shape index (κ2) is 7.55. The number of carbonyl (C=O) groups is 1. The molecule has 1 rings (SSSR count). The van der Waals surface area contributed by atoms with Crippen LogP contribution in [-0.4, -0.2) is 30.0 Å². The zero-order chi connectivity index (χ0) is 15.3. The number of anilines is 2. The SMILES string of the molecule is CCCNc1nc(N(CC(N)=O)C(C)C)c(Cl)cc1Cl. The van der Waals surface area contributed by atoms with Gasteiger partial charge in [-0.1, -0.05) is 30.1 Å². The van der Waals surface area contributed by atoms with E-state index in [2.05, 4.69) is 10.3 Å². The number of rotatable bonds is 7. The van der Waals surface area contributed by atoms with Gasteiger partial charge in [-0.05, 0) is 26.3 Å². The number of primary amides is 1. The van der Waals surface area contributed by atoms with Crippen molar-refractivity contribution in [2.45, 2.75) is 33.2 Å². The van der Waals surface area contributed by atoms with E-state index in [0.717, 1.165) is 13.0 Å². The van der Waals surface area contributed by atoms with Crippen molar-refractivity contribution in [3.05, 3.63) is 16.1 Å². The van der Waals surface area contributed by atoms with Crippen LogP contribution in [0.2, 0.25) is 10.0 Å². The topological polar surface area (TPSA) is 71.2 Å². The molecule has 112 valence electrons. The lowest BCUT2D eigenvalue weighted by Gasteiger charge is -2.28. The summed E-state index contributed by atoms with van der Waals surface area (Å²) in [6.07, 6.45) is 0.950. The van der Waals surface area contributed by atoms with E-state index < -0.39 is 5.91 Å². The normalized spacial score (nSPS) is 10.7. The number of nitrogens with two attached hydrogens (primary N) is 1. The highest BCUT2D eigenvalue weighted by molar-refractivity contribution is 6.37. The Kier molecular flexibility index (Phi) is 6.36. The molecule has 0 radical (unpaired) electrons. The molecule has 1 aromatic heterocycles. The Labute approximate surface area is 129 Å². The quantitative estimate of drug-likeness (QED) is 0.810. The molecule has 1 aromatic rings. The Bertz CT molecular complexity index is 480. The predicted molar refractivity (Wildman–Crippen MR) is 84.7 cm³/mol. The number of amides is 1. The second-order valence-electron chi connectivity index (χ2n) is 4.74. The Morgan fingerprint density at radius 1 is 1.45 bits per heavy atom. The van der Waals surface area contributed by atoms with Gasteiger partial charge in [-0.3, -0.25) is 4.79 Å². The minimum atomic E-state index is -0.436. The van der Waals surface area contributed by atoms with Gasteiger partial charge in [0.05, 0.1) is 16.6 Å². The molecule has 0 fully saturated rings. The first-order valence-corrected chi connectivity index (χ1v) is 7.27. The van der Waals surface area contributed by atoms with Crippen LogP contribution in [-0.2, 0) is 4.79 Å². The highest BCUT2D eigenvalue weighted by Crippen LogP contribution is 2.32. The average Bonchev–Trinajstić information content (AvgIpc) is 2.35. The van der Waals surface area contributed by atoms with Crippen LogP contribution in [0.5, 0.6) is 0 Å². The maximum Gasteiger partial charge on any atom is 0.237 e. The van der Waals surface area contributed by atoms with Gasteiger partial charge in [0.15, 0.2) is 5.82 Å². The molecule has 7 heteroatoms. The molecule has 20 heavy (non-hydrogen) atoms. The zero-order valence-electron chi connectivity index (χ0n) is 11.9. The van der Waals surface area contributed by atoms with Gasteiger partial charge in [0.2, 0.25) is 5.91 Å². The number of nitrogens with one attached hydrogen (secondary N) is 1. The summed E-state index contributed by atoms with van der Waals surface area (Å²) in [6.45, 7) is 6.74. The smallest absolute Gasteiger partial charge is 0.237 e. The molecule has 1 amide bonds. The van der Waals surface area contributed by atoms with Crippen LogP contribution >= 0.6 is 23.2 Å². The third-order valence-electron chi connectivity index (χ3n) is 2.68. The number of halogens is 2. The molecular formula is C13H20Cl2N4O. The van der Waals surface area contributed by atoms with Crippen LogP contribution < -0.4 is 16.0 Å². The lowest BCUT2D eigenvalue weighted by molar-refractivity contribution is -0.116. The summed E-state index contributed by atoms with van der Waals surface area (Å²) in [6, 6.07) is 1.66. The Hall–Kier alpha value is -1.20. The third kappa shape index (κ3) is 4.42. The summed E-state index contributed by atoms with van der Waals surface area (Å²) in [5.74, 6) is 0.626. The minimum Gasteiger partial charge on any atom is -0.369 e. The number of hydrogen-bond acceptors (Lipinski definition) is 4. The summed E-state index contributed by atoms with van der Waals surface area (Å²) >= 11 is 12.3. The Balaban J connectivity index is 3.16. The first-order chi connectivity index (χ1) is 9.36. The van der Waals surface area contributed by atoms with E-state index in [-0.39, 0.29) is 12.6 Å². The predicted octanol–water partition coefficient (Wildman–Crippen LogP) is 2.91. The summed E-state index contributed by atoms with van der Waals surface area (Å²) in [5, 5.41) is 3.98. The lowest BCUT2D eigenvalue weighted by atomic mass is 10.3. The van der Waals surface area contributed by atoms with Crippen molar-refractivity contribution in [3.8, 4) is 0 Å². The molecule has 0 aliphatic heterocycles. The van der Waals surface area contributed by atoms with Crippen LogP contribution in [0.4, 0.5) is 11.6 Å². The average molecular weight is 319 g/mol. The molecule has 3 N–H and O–H groups in total. The van der Waals surface area contributed by atoms with Gasteiger partial charge in [-0.2, -0.15) is 0 Å². The zero-order valence-corrected chi connectivity index (χ0v) is 13.4. The summed E-state index contributed by atoms with van der Waals surface area (Å²) < 4.78 is 0. The standard InChI is InChI=1S/C13H20Cl2N4O/c1-4-5-17-12-9(14)6-10(15)13(18-12)19(8(2)3)7-11(16)20/h6,8H,4-5,7H2,1-3H3,(H2,16,20)(H,17,18). The van der Waals surface area contributed by atoms with Crippen LogP contribution in [0.25, 0.3) is 0 Å². The number of carbonyl (C=O) groups excluding carboxylic acids is 1. The van der Waals surface area contributed by atoms with Crippen molar-refractivity contribution >= 4 is 40.7 Å². The minimum absolute atomic E-state index is 0.0349. The van der Waals surface area contributed by atoms with E-state index in [1.165, 1.54) is 0 Å². The molecule has 5 nitrogen and oxygen atoms in total. The van der Waals surface area contributed by atoms with E-state index in [4.69, 9.17) is 28.9 Å². The lowest BCUT2D eigenvalue weighted by Crippen LogP contribution is -2.39. The van der Waals surface area contributed by atoms with Gasteiger partial charge < -0.3 is 16.0 Å². The van der Waals surface area contributed by atoms with Crippen LogP contribution in [0.1, 0.15) is 27.2 Å². The number of hydrogen-bond donors (Lipinski definition) is 2. The van der Waals surface area contributed by atoms with Gasteiger partial charge in [0, 0.05) is 12.6 Å². The molecule has 0 spiro atoms. The first-order valence-electron chi connectivity index (χ1n) is 6.51. The highest BCUT2D eigenvalue weighted by Gasteiger charge is 2.19. The summed E-state index contributed by atoms with van der Waals surface area (Å²) in [5.41, 5.74) is 5.27. The van der Waals surface area contributed by atoms with E-state index in [0.29, 0.717) is 21.7 Å². The highest BCUT2D eigenvalue weighted by atomic mass is 35.5. The molecule has 0 atom stereocenters. The molecule has 0 saturated carbocycles. The Morgan fingerprint density at radius 3 is 2.60 bits per heavy atom. The maximum atomic E-state index is 11.2. The van der Waals surface area contributed by atoms with Crippen molar-refractivity contribution in [1.82, 2.24) is 4.98 Å². The van der Waals surface area contributed by atoms with Gasteiger partial charge >= 0.3 is 0 Å². The molecule has 0 unspecified atom stereocenters. The monoisotopic (exact) mass is 318 g/mol. The summed E-state index contributed by atoms with van der Waals surface area (Å²) in [4.78, 5) is 17.4. The molecule has 0 aliphatic carbocycles. The molecule has 1 heterocycles. The number of aromatic nitrogens is 1. The number of nitrogens with zero attached hydrogens (tertiary/aromatic N) is 2. The summed E-state index contributed by atoms with van der Waals surface area (Å²) in [7, 11) is 0. The van der Waals surface area contributed by atoms with E-state index in [9.17, 15) is 4.79 Å². The van der Waals surface area contributed by atoms with Crippen molar-refractivity contribution in [3.63, 3.8) is 0 Å². The van der Waals surface area contributed by atoms with Crippen LogP contribution in [0.15, 0.2) is 6.07 Å². The fourth-order valence-electron chi connectivity index (χ4n) is 1.70. The molecular weight excluding hydrogens is 299 g/mol. The van der Waals surface area contributed by atoms with E-state index in [1.807, 2.05) is 20.8 Å². The fraction of sp³-hybridized carbons (Fsp3) is 0.538. The van der Waals surface area contributed by atoms with Crippen LogP contribution in [0, 0.1) is 0 Å². The van der Waals surface area contributed by atoms with Crippen molar-refractivity contribution in [1.29, 1.82) is 0 Å². The number of pyridine rings is 1. The van der Waals surface area contributed by atoms with Crippen molar-refractivity contribution in [2.75, 3.05) is 23.3 Å². The largest absolute Gasteiger partial charge is 0.369 e. The molecule has 0 aliphatic rings. The van der Waals surface area contributed by atoms with Crippen molar-refractivity contribution < 1.29 is 4.79 Å². The van der Waals surface area contributed by atoms with Gasteiger partial charge in [0.25, 0.3) is 0 Å². The fourth-order valence-corrected chi connectivity index (χ4v) is 2.23. The molecule has 0 aromatic carbocycles. The van der Waals surface area contributed by atoms with Crippen LogP contribution in [0.3, 0.4) is 0 Å². The van der Waals surface area contributed by atoms with Gasteiger partial charge in [0.1, 0.15) is 5.82 Å². The second-order valence-corrected chi connectivity index (χ2v) is 5.55. The van der Waals surface area contributed by atoms with Gasteiger partial charge in [-0.25, -0.2) is 4.98 Å². The van der Waals surface area contributed by atoms with Gasteiger partial charge in [-0.15, -0.1) is 0 Å². The molecule has 0 bridgehead atoms. The van der Waals surface area contributed by atoms with E-state index in [1.54, 1.807) is 11.0 Å². The van der Waals surface area contributed by atoms with E-state index >= 15 is 0 Å². The Morgan fingerprint density at radius 2 is 2.10 bits per heavy atom. The third-order valence-corrected chi connectivity index (χ3v) is 3.24. The maximum absolute atomic E-state index is 11.2.